The normalized spacial score (nSPS) is 25.3. The van der Waals surface area contributed by atoms with E-state index in [-0.39, 0.29) is 12.6 Å². The Morgan fingerprint density at radius 2 is 2.07 bits per heavy atom. The van der Waals surface area contributed by atoms with E-state index in [0.29, 0.717) is 13.0 Å². The highest BCUT2D eigenvalue weighted by Crippen LogP contribution is 2.18. The zero-order chi connectivity index (χ0) is 11.4. The molecule has 0 bridgehead atoms. The molecule has 0 unspecified atom stereocenters. The third-order valence-corrected chi connectivity index (χ3v) is 2.68. The number of aliphatic hydroxyl groups is 4. The maximum absolute atomic E-state index is 11.6. The summed E-state index contributed by atoms with van der Waals surface area (Å²) in [6, 6.07) is -0.280. The second-order valence-electron chi connectivity index (χ2n) is 3.71. The number of hydrogen-bond acceptors (Lipinski definition) is 5. The van der Waals surface area contributed by atoms with Gasteiger partial charge in [0, 0.05) is 6.54 Å². The van der Waals surface area contributed by atoms with E-state index >= 15 is 0 Å². The first-order chi connectivity index (χ1) is 7.11. The van der Waals surface area contributed by atoms with Crippen molar-refractivity contribution in [2.45, 2.75) is 31.1 Å². The molecule has 1 rings (SSSR count). The largest absolute Gasteiger partial charge is 0.394 e. The maximum Gasteiger partial charge on any atom is 0.254 e. The molecule has 6 nitrogen and oxygen atoms in total. The van der Waals surface area contributed by atoms with Crippen LogP contribution < -0.4 is 0 Å². The fourth-order valence-electron chi connectivity index (χ4n) is 1.75. The van der Waals surface area contributed by atoms with Crippen molar-refractivity contribution in [1.29, 1.82) is 0 Å². The Balaban J connectivity index is 2.59. The van der Waals surface area contributed by atoms with Gasteiger partial charge in [-0.1, -0.05) is 0 Å². The van der Waals surface area contributed by atoms with E-state index in [1.165, 1.54) is 4.90 Å². The minimum Gasteiger partial charge on any atom is -0.394 e. The molecule has 15 heavy (non-hydrogen) atoms. The molecular weight excluding hydrogens is 202 g/mol. The molecule has 0 aromatic heterocycles. The number of aliphatic hydroxyl groups excluding tert-OH is 4. The van der Waals surface area contributed by atoms with Crippen LogP contribution in [0.2, 0.25) is 0 Å². The summed E-state index contributed by atoms with van der Waals surface area (Å²) in [4.78, 5) is 13.0. The van der Waals surface area contributed by atoms with Gasteiger partial charge >= 0.3 is 0 Å². The van der Waals surface area contributed by atoms with Gasteiger partial charge in [0.15, 0.2) is 6.10 Å². The van der Waals surface area contributed by atoms with Crippen molar-refractivity contribution in [2.75, 3.05) is 19.8 Å². The highest BCUT2D eigenvalue weighted by Gasteiger charge is 2.34. The smallest absolute Gasteiger partial charge is 0.254 e. The minimum atomic E-state index is -1.61. The SMILES string of the molecule is O=C([C@H](O)[C@H](O)CO)N1CCC[C@H]1CO. The van der Waals surface area contributed by atoms with E-state index < -0.39 is 24.7 Å². The van der Waals surface area contributed by atoms with Crippen LogP contribution in [0.5, 0.6) is 0 Å². The average molecular weight is 219 g/mol. The first kappa shape index (κ1) is 12.4. The second kappa shape index (κ2) is 5.41. The van der Waals surface area contributed by atoms with Gasteiger partial charge in [-0.05, 0) is 12.8 Å². The molecule has 0 saturated carbocycles. The lowest BCUT2D eigenvalue weighted by Gasteiger charge is -2.26. The van der Waals surface area contributed by atoms with Crippen molar-refractivity contribution < 1.29 is 25.2 Å². The van der Waals surface area contributed by atoms with E-state index in [4.69, 9.17) is 15.3 Å². The van der Waals surface area contributed by atoms with Gasteiger partial charge in [0.25, 0.3) is 5.91 Å². The molecule has 1 aliphatic heterocycles. The fourth-order valence-corrected chi connectivity index (χ4v) is 1.75. The maximum atomic E-state index is 11.6. The summed E-state index contributed by atoms with van der Waals surface area (Å²) in [6.07, 6.45) is -1.59. The molecule has 4 N–H and O–H groups in total. The summed E-state index contributed by atoms with van der Waals surface area (Å²) < 4.78 is 0. The van der Waals surface area contributed by atoms with Crippen molar-refractivity contribution in [3.63, 3.8) is 0 Å². The quantitative estimate of drug-likeness (QED) is 0.425. The van der Waals surface area contributed by atoms with Gasteiger partial charge in [0.2, 0.25) is 0 Å². The fraction of sp³-hybridized carbons (Fsp3) is 0.889. The summed E-state index contributed by atoms with van der Waals surface area (Å²) >= 11 is 0. The molecule has 3 atom stereocenters. The number of amides is 1. The summed E-state index contributed by atoms with van der Waals surface area (Å²) in [6.45, 7) is -0.336. The molecule has 1 aliphatic rings. The van der Waals surface area contributed by atoms with E-state index in [9.17, 15) is 9.90 Å². The number of carbonyl (C=O) groups excluding carboxylic acids is 1. The molecule has 6 heteroatoms. The summed E-state index contributed by atoms with van der Waals surface area (Å²) in [5.74, 6) is -0.631. The third kappa shape index (κ3) is 2.66. The standard InChI is InChI=1S/C9H17NO5/c11-4-6-2-1-3-10(6)9(15)8(14)7(13)5-12/h6-8,11-14H,1-5H2/t6-,7+,8+/m0/s1. The Bertz CT molecular complexity index is 223. The number of likely N-dealkylation sites (tertiary alicyclic amines) is 1. The number of hydrogen-bond donors (Lipinski definition) is 4. The molecule has 1 saturated heterocycles. The first-order valence-electron chi connectivity index (χ1n) is 5.00. The van der Waals surface area contributed by atoms with Crippen molar-refractivity contribution >= 4 is 5.91 Å². The van der Waals surface area contributed by atoms with Crippen LogP contribution in [0.25, 0.3) is 0 Å². The van der Waals surface area contributed by atoms with Crippen LogP contribution in [0.4, 0.5) is 0 Å². The monoisotopic (exact) mass is 219 g/mol. The summed E-state index contributed by atoms with van der Waals surface area (Å²) in [5.41, 5.74) is 0. The van der Waals surface area contributed by atoms with Crippen LogP contribution in [0, 0.1) is 0 Å². The number of rotatable bonds is 4. The van der Waals surface area contributed by atoms with Crippen molar-refractivity contribution in [3.8, 4) is 0 Å². The van der Waals surface area contributed by atoms with Crippen LogP contribution in [0.15, 0.2) is 0 Å². The van der Waals surface area contributed by atoms with Crippen LogP contribution in [0.1, 0.15) is 12.8 Å². The minimum absolute atomic E-state index is 0.145. The van der Waals surface area contributed by atoms with E-state index in [1.807, 2.05) is 0 Å². The Hall–Kier alpha value is -0.690. The molecule has 1 fully saturated rings. The number of nitrogens with zero attached hydrogens (tertiary/aromatic N) is 1. The number of carbonyl (C=O) groups is 1. The molecule has 1 heterocycles. The van der Waals surface area contributed by atoms with Crippen molar-refractivity contribution in [2.24, 2.45) is 0 Å². The van der Waals surface area contributed by atoms with Crippen LogP contribution >= 0.6 is 0 Å². The molecular formula is C9H17NO5. The zero-order valence-corrected chi connectivity index (χ0v) is 8.41. The van der Waals surface area contributed by atoms with Gasteiger partial charge in [-0.2, -0.15) is 0 Å². The topological polar surface area (TPSA) is 101 Å². The van der Waals surface area contributed by atoms with Gasteiger partial charge < -0.3 is 25.3 Å². The lowest BCUT2D eigenvalue weighted by atomic mass is 10.1. The highest BCUT2D eigenvalue weighted by atomic mass is 16.4. The van der Waals surface area contributed by atoms with Crippen molar-refractivity contribution in [3.05, 3.63) is 0 Å². The second-order valence-corrected chi connectivity index (χ2v) is 3.71. The van der Waals surface area contributed by atoms with Crippen LogP contribution in [0.3, 0.4) is 0 Å². The Morgan fingerprint density at radius 1 is 1.40 bits per heavy atom. The van der Waals surface area contributed by atoms with Gasteiger partial charge in [0.05, 0.1) is 19.3 Å². The average Bonchev–Trinajstić information content (AvgIpc) is 2.73. The first-order valence-corrected chi connectivity index (χ1v) is 5.00. The molecule has 1 amide bonds. The molecule has 0 radical (unpaired) electrons. The van der Waals surface area contributed by atoms with Gasteiger partial charge in [0.1, 0.15) is 6.10 Å². The van der Waals surface area contributed by atoms with E-state index in [1.54, 1.807) is 0 Å². The predicted molar refractivity (Wildman–Crippen MR) is 50.9 cm³/mol. The Kier molecular flexibility index (Phi) is 4.46. The lowest BCUT2D eigenvalue weighted by Crippen LogP contribution is -2.48. The van der Waals surface area contributed by atoms with E-state index in [0.717, 1.165) is 6.42 Å². The summed E-state index contributed by atoms with van der Waals surface area (Å²) in [7, 11) is 0. The molecule has 0 spiro atoms. The Morgan fingerprint density at radius 3 is 2.60 bits per heavy atom. The van der Waals surface area contributed by atoms with Crippen LogP contribution in [-0.4, -0.2) is 69.2 Å². The van der Waals surface area contributed by atoms with Crippen molar-refractivity contribution in [1.82, 2.24) is 4.90 Å². The highest BCUT2D eigenvalue weighted by molar-refractivity contribution is 5.81. The Labute approximate surface area is 87.8 Å². The molecule has 0 aromatic rings. The van der Waals surface area contributed by atoms with Gasteiger partial charge in [-0.3, -0.25) is 4.79 Å². The molecule has 0 aromatic carbocycles. The lowest BCUT2D eigenvalue weighted by molar-refractivity contribution is -0.149. The molecule has 88 valence electrons. The van der Waals surface area contributed by atoms with Gasteiger partial charge in [-0.15, -0.1) is 0 Å². The third-order valence-electron chi connectivity index (χ3n) is 2.68. The zero-order valence-electron chi connectivity index (χ0n) is 8.41. The van der Waals surface area contributed by atoms with Gasteiger partial charge in [-0.25, -0.2) is 0 Å². The molecule has 0 aliphatic carbocycles. The summed E-state index contributed by atoms with van der Waals surface area (Å²) in [5, 5.41) is 36.0. The van der Waals surface area contributed by atoms with Crippen LogP contribution in [-0.2, 0) is 4.79 Å². The predicted octanol–water partition coefficient (Wildman–Crippen LogP) is -2.32. The van der Waals surface area contributed by atoms with E-state index in [2.05, 4.69) is 0 Å².